The van der Waals surface area contributed by atoms with Crippen molar-refractivity contribution in [3.8, 4) is 0 Å². The second-order valence-electron chi connectivity index (χ2n) is 3.63. The van der Waals surface area contributed by atoms with Crippen molar-refractivity contribution in [2.24, 2.45) is 0 Å². The van der Waals surface area contributed by atoms with Crippen molar-refractivity contribution < 1.29 is 8.42 Å². The van der Waals surface area contributed by atoms with Crippen LogP contribution >= 0.6 is 11.3 Å². The van der Waals surface area contributed by atoms with Gasteiger partial charge in [0, 0.05) is 12.7 Å². The fourth-order valence-electron chi connectivity index (χ4n) is 1.37. The van der Waals surface area contributed by atoms with Crippen molar-refractivity contribution in [3.63, 3.8) is 0 Å². The molecule has 0 aliphatic carbocycles. The van der Waals surface area contributed by atoms with Gasteiger partial charge >= 0.3 is 0 Å². The van der Waals surface area contributed by atoms with E-state index in [1.807, 2.05) is 6.92 Å². The standard InChI is InChI=1S/C10H13N5O2S2/c1-2-5-11-9-8(4-3-6-12-9)19(16,17)15-10-14-13-7-18-10/h3-4,6-7H,2,5H2,1H3,(H,11,12)(H,14,15). The van der Waals surface area contributed by atoms with Crippen LogP contribution in [0.4, 0.5) is 10.9 Å². The molecule has 0 spiro atoms. The summed E-state index contributed by atoms with van der Waals surface area (Å²) in [6, 6.07) is 3.07. The SMILES string of the molecule is CCCNc1ncccc1S(=O)(=O)Nc1nncs1. The van der Waals surface area contributed by atoms with Gasteiger partial charge in [-0.1, -0.05) is 18.3 Å². The van der Waals surface area contributed by atoms with E-state index in [0.717, 1.165) is 17.8 Å². The second kappa shape index (κ2) is 5.93. The normalized spacial score (nSPS) is 11.2. The summed E-state index contributed by atoms with van der Waals surface area (Å²) in [4.78, 5) is 4.14. The molecule has 0 atom stereocenters. The summed E-state index contributed by atoms with van der Waals surface area (Å²) in [6.07, 6.45) is 2.42. The molecular weight excluding hydrogens is 286 g/mol. The molecule has 19 heavy (non-hydrogen) atoms. The molecule has 0 saturated carbocycles. The minimum Gasteiger partial charge on any atom is -0.369 e. The molecule has 9 heteroatoms. The van der Waals surface area contributed by atoms with E-state index in [4.69, 9.17) is 0 Å². The third-order valence-electron chi connectivity index (χ3n) is 2.18. The number of sulfonamides is 1. The van der Waals surface area contributed by atoms with Crippen LogP contribution < -0.4 is 10.0 Å². The molecule has 2 N–H and O–H groups in total. The van der Waals surface area contributed by atoms with Crippen molar-refractivity contribution >= 4 is 32.3 Å². The van der Waals surface area contributed by atoms with E-state index < -0.39 is 10.0 Å². The number of nitrogens with one attached hydrogen (secondary N) is 2. The zero-order valence-corrected chi connectivity index (χ0v) is 11.8. The van der Waals surface area contributed by atoms with Crippen molar-refractivity contribution in [1.29, 1.82) is 0 Å². The number of nitrogens with zero attached hydrogens (tertiary/aromatic N) is 3. The van der Waals surface area contributed by atoms with E-state index in [9.17, 15) is 8.42 Å². The molecule has 0 aliphatic rings. The van der Waals surface area contributed by atoms with Crippen LogP contribution in [-0.4, -0.2) is 30.1 Å². The van der Waals surface area contributed by atoms with E-state index in [1.54, 1.807) is 12.3 Å². The summed E-state index contributed by atoms with van der Waals surface area (Å²) in [5.74, 6) is 0.335. The lowest BCUT2D eigenvalue weighted by molar-refractivity contribution is 0.601. The predicted octanol–water partition coefficient (Wildman–Crippen LogP) is 1.56. The van der Waals surface area contributed by atoms with Gasteiger partial charge in [0.15, 0.2) is 0 Å². The third-order valence-corrected chi connectivity index (χ3v) is 4.29. The highest BCUT2D eigenvalue weighted by atomic mass is 32.2. The first-order chi connectivity index (χ1) is 9.13. The smallest absolute Gasteiger partial charge is 0.267 e. The summed E-state index contributed by atoms with van der Waals surface area (Å²) in [5, 5.41) is 10.5. The van der Waals surface area contributed by atoms with E-state index in [1.165, 1.54) is 11.6 Å². The summed E-state index contributed by atoms with van der Waals surface area (Å²) in [6.45, 7) is 2.64. The topological polar surface area (TPSA) is 96.9 Å². The lowest BCUT2D eigenvalue weighted by Gasteiger charge is -2.10. The van der Waals surface area contributed by atoms with Gasteiger partial charge in [-0.2, -0.15) is 0 Å². The molecule has 0 aromatic carbocycles. The Morgan fingerprint density at radius 2 is 2.26 bits per heavy atom. The van der Waals surface area contributed by atoms with Crippen molar-refractivity contribution in [3.05, 3.63) is 23.8 Å². The number of hydrogen-bond acceptors (Lipinski definition) is 7. The Morgan fingerprint density at radius 1 is 1.42 bits per heavy atom. The molecule has 0 fully saturated rings. The van der Waals surface area contributed by atoms with Crippen LogP contribution in [-0.2, 0) is 10.0 Å². The van der Waals surface area contributed by atoms with Gasteiger partial charge in [0.25, 0.3) is 10.0 Å². The zero-order valence-electron chi connectivity index (χ0n) is 10.2. The fourth-order valence-corrected chi connectivity index (χ4v) is 3.20. The first kappa shape index (κ1) is 13.7. The van der Waals surface area contributed by atoms with E-state index in [0.29, 0.717) is 12.4 Å². The monoisotopic (exact) mass is 299 g/mol. The van der Waals surface area contributed by atoms with Crippen LogP contribution in [0.1, 0.15) is 13.3 Å². The number of aromatic nitrogens is 3. The molecule has 0 unspecified atom stereocenters. The Bertz CT molecular complexity index is 627. The molecule has 2 aromatic rings. The Kier molecular flexibility index (Phi) is 4.27. The Morgan fingerprint density at radius 3 is 2.95 bits per heavy atom. The molecule has 0 saturated heterocycles. The van der Waals surface area contributed by atoms with Crippen molar-refractivity contribution in [1.82, 2.24) is 15.2 Å². The lowest BCUT2D eigenvalue weighted by atomic mass is 10.4. The predicted molar refractivity (Wildman–Crippen MR) is 73.7 cm³/mol. The first-order valence-electron chi connectivity index (χ1n) is 5.61. The van der Waals surface area contributed by atoms with Gasteiger partial charge in [0.1, 0.15) is 16.2 Å². The van der Waals surface area contributed by atoms with Crippen LogP contribution in [0.15, 0.2) is 28.7 Å². The average Bonchev–Trinajstić information content (AvgIpc) is 2.88. The number of rotatable bonds is 6. The maximum atomic E-state index is 12.2. The highest BCUT2D eigenvalue weighted by Gasteiger charge is 2.20. The Balaban J connectivity index is 2.29. The maximum absolute atomic E-state index is 12.2. The molecule has 102 valence electrons. The first-order valence-corrected chi connectivity index (χ1v) is 7.97. The minimum absolute atomic E-state index is 0.0960. The molecule has 2 rings (SSSR count). The molecule has 7 nitrogen and oxygen atoms in total. The van der Waals surface area contributed by atoms with Gasteiger partial charge in [0.2, 0.25) is 5.13 Å². The van der Waals surface area contributed by atoms with E-state index in [2.05, 4.69) is 25.2 Å². The molecular formula is C10H13N5O2S2. The number of pyridine rings is 1. The van der Waals surface area contributed by atoms with Gasteiger partial charge < -0.3 is 5.32 Å². The Labute approximate surface area is 115 Å². The van der Waals surface area contributed by atoms with E-state index in [-0.39, 0.29) is 10.0 Å². The molecule has 2 aromatic heterocycles. The van der Waals surface area contributed by atoms with Gasteiger partial charge in [-0.25, -0.2) is 13.4 Å². The molecule has 0 amide bonds. The Hall–Kier alpha value is -1.74. The lowest BCUT2D eigenvalue weighted by Crippen LogP contribution is -2.16. The van der Waals surface area contributed by atoms with Crippen LogP contribution in [0.3, 0.4) is 0 Å². The van der Waals surface area contributed by atoms with Crippen molar-refractivity contribution in [2.75, 3.05) is 16.6 Å². The third kappa shape index (κ3) is 3.38. The summed E-state index contributed by atoms with van der Waals surface area (Å²) >= 11 is 1.11. The number of hydrogen-bond donors (Lipinski definition) is 2. The van der Waals surface area contributed by atoms with Crippen LogP contribution in [0.5, 0.6) is 0 Å². The average molecular weight is 299 g/mol. The highest BCUT2D eigenvalue weighted by molar-refractivity contribution is 7.93. The second-order valence-corrected chi connectivity index (χ2v) is 6.11. The van der Waals surface area contributed by atoms with Crippen molar-refractivity contribution in [2.45, 2.75) is 18.2 Å². The van der Waals surface area contributed by atoms with Crippen LogP contribution in [0, 0.1) is 0 Å². The van der Waals surface area contributed by atoms with Gasteiger partial charge in [-0.05, 0) is 18.6 Å². The maximum Gasteiger partial charge on any atom is 0.267 e. The minimum atomic E-state index is -3.71. The summed E-state index contributed by atoms with van der Waals surface area (Å²) < 4.78 is 26.8. The fraction of sp³-hybridized carbons (Fsp3) is 0.300. The van der Waals surface area contributed by atoms with Crippen LogP contribution in [0.25, 0.3) is 0 Å². The molecule has 0 bridgehead atoms. The molecule has 0 aliphatic heterocycles. The van der Waals surface area contributed by atoms with Gasteiger partial charge in [-0.15, -0.1) is 10.2 Å². The van der Waals surface area contributed by atoms with E-state index >= 15 is 0 Å². The van der Waals surface area contributed by atoms with Crippen LogP contribution in [0.2, 0.25) is 0 Å². The molecule has 0 radical (unpaired) electrons. The van der Waals surface area contributed by atoms with Gasteiger partial charge in [-0.3, -0.25) is 4.72 Å². The summed E-state index contributed by atoms with van der Waals surface area (Å²) in [5.41, 5.74) is 1.46. The summed E-state index contributed by atoms with van der Waals surface area (Å²) in [7, 11) is -3.71. The quantitative estimate of drug-likeness (QED) is 0.840. The highest BCUT2D eigenvalue weighted by Crippen LogP contribution is 2.21. The zero-order chi connectivity index (χ0) is 13.7. The largest absolute Gasteiger partial charge is 0.369 e. The molecule has 2 heterocycles. The van der Waals surface area contributed by atoms with Gasteiger partial charge in [0.05, 0.1) is 0 Å². The number of anilines is 2.